The number of halogens is 1. The lowest BCUT2D eigenvalue weighted by molar-refractivity contribution is 0.340. The maximum atomic E-state index is 5.43. The van der Waals surface area contributed by atoms with E-state index in [0.717, 1.165) is 27.4 Å². The number of benzene rings is 2. The highest BCUT2D eigenvalue weighted by Crippen LogP contribution is 2.21. The smallest absolute Gasteiger partial charge is 0.229 e. The number of aromatic nitrogens is 2. The van der Waals surface area contributed by atoms with Gasteiger partial charge in [0.25, 0.3) is 0 Å². The van der Waals surface area contributed by atoms with Gasteiger partial charge in [-0.05, 0) is 55.5 Å². The highest BCUT2D eigenvalue weighted by molar-refractivity contribution is 9.10. The summed E-state index contributed by atoms with van der Waals surface area (Å²) in [4.78, 5) is 8.72. The fraction of sp³-hybridized carbons (Fsp3) is 0.111. The fourth-order valence-electron chi connectivity index (χ4n) is 2.13. The molecule has 2 N–H and O–H groups in total. The molecule has 0 spiro atoms. The Labute approximate surface area is 149 Å². The molecule has 0 aliphatic rings. The molecule has 6 heteroatoms. The van der Waals surface area contributed by atoms with Crippen molar-refractivity contribution in [1.82, 2.24) is 9.97 Å². The number of rotatable bonds is 6. The van der Waals surface area contributed by atoms with Crippen LogP contribution in [0.1, 0.15) is 6.92 Å². The summed E-state index contributed by atoms with van der Waals surface area (Å²) in [5.74, 6) is 2.09. The maximum Gasteiger partial charge on any atom is 0.229 e. The van der Waals surface area contributed by atoms with Gasteiger partial charge in [-0.1, -0.05) is 22.0 Å². The monoisotopic (exact) mass is 384 g/mol. The van der Waals surface area contributed by atoms with E-state index in [4.69, 9.17) is 4.74 Å². The van der Waals surface area contributed by atoms with Gasteiger partial charge in [-0.15, -0.1) is 0 Å². The van der Waals surface area contributed by atoms with Gasteiger partial charge in [0.15, 0.2) is 0 Å². The molecule has 122 valence electrons. The summed E-state index contributed by atoms with van der Waals surface area (Å²) >= 11 is 3.46. The van der Waals surface area contributed by atoms with Gasteiger partial charge in [0, 0.05) is 22.0 Å². The molecule has 24 heavy (non-hydrogen) atoms. The van der Waals surface area contributed by atoms with E-state index < -0.39 is 0 Å². The van der Waals surface area contributed by atoms with E-state index in [9.17, 15) is 0 Å². The third-order valence-corrected chi connectivity index (χ3v) is 3.67. The first kappa shape index (κ1) is 16.3. The van der Waals surface area contributed by atoms with Gasteiger partial charge < -0.3 is 15.4 Å². The first-order chi connectivity index (χ1) is 11.7. The Morgan fingerprint density at radius 3 is 2.58 bits per heavy atom. The van der Waals surface area contributed by atoms with Gasteiger partial charge in [-0.2, -0.15) is 4.98 Å². The lowest BCUT2D eigenvalue weighted by atomic mass is 10.3. The zero-order valence-corrected chi connectivity index (χ0v) is 14.7. The summed E-state index contributed by atoms with van der Waals surface area (Å²) in [5.41, 5.74) is 1.85. The zero-order valence-electron chi connectivity index (χ0n) is 13.2. The van der Waals surface area contributed by atoms with Crippen molar-refractivity contribution < 1.29 is 4.74 Å². The zero-order chi connectivity index (χ0) is 16.8. The van der Waals surface area contributed by atoms with Crippen molar-refractivity contribution in [1.29, 1.82) is 0 Å². The lowest BCUT2D eigenvalue weighted by Crippen LogP contribution is -2.00. The van der Waals surface area contributed by atoms with Crippen molar-refractivity contribution >= 4 is 39.1 Å². The van der Waals surface area contributed by atoms with Crippen LogP contribution in [0.15, 0.2) is 65.3 Å². The lowest BCUT2D eigenvalue weighted by Gasteiger charge is -2.09. The first-order valence-electron chi connectivity index (χ1n) is 7.58. The third-order valence-electron chi connectivity index (χ3n) is 3.17. The van der Waals surface area contributed by atoms with Gasteiger partial charge in [0.1, 0.15) is 11.6 Å². The van der Waals surface area contributed by atoms with E-state index in [2.05, 4.69) is 36.5 Å². The van der Waals surface area contributed by atoms with Crippen LogP contribution in [0.4, 0.5) is 23.1 Å². The Morgan fingerprint density at radius 1 is 1.00 bits per heavy atom. The standard InChI is InChI=1S/C18H17BrN4O/c1-2-24-16-8-6-14(7-9-16)22-18-20-11-10-17(23-18)21-15-5-3-4-13(19)12-15/h3-12H,2H2,1H3,(H2,20,21,22,23). The van der Waals surface area contributed by atoms with Crippen LogP contribution < -0.4 is 15.4 Å². The molecule has 0 saturated heterocycles. The van der Waals surface area contributed by atoms with Crippen molar-refractivity contribution in [3.8, 4) is 5.75 Å². The minimum absolute atomic E-state index is 0.527. The third kappa shape index (κ3) is 4.45. The molecule has 0 unspecified atom stereocenters. The molecule has 0 saturated carbocycles. The second-order valence-corrected chi connectivity index (χ2v) is 5.90. The summed E-state index contributed by atoms with van der Waals surface area (Å²) in [6, 6.07) is 17.4. The van der Waals surface area contributed by atoms with E-state index in [1.165, 1.54) is 0 Å². The van der Waals surface area contributed by atoms with Crippen LogP contribution in [0, 0.1) is 0 Å². The molecule has 0 bridgehead atoms. The predicted octanol–water partition coefficient (Wildman–Crippen LogP) is 5.13. The Bertz CT molecular complexity index is 808. The summed E-state index contributed by atoms with van der Waals surface area (Å²) in [6.45, 7) is 2.61. The predicted molar refractivity (Wildman–Crippen MR) is 100 cm³/mol. The Morgan fingerprint density at radius 2 is 1.83 bits per heavy atom. The van der Waals surface area contributed by atoms with Crippen molar-refractivity contribution in [2.24, 2.45) is 0 Å². The molecule has 1 heterocycles. The van der Waals surface area contributed by atoms with E-state index in [1.807, 2.05) is 61.5 Å². The largest absolute Gasteiger partial charge is 0.494 e. The topological polar surface area (TPSA) is 59.1 Å². The van der Waals surface area contributed by atoms with Crippen molar-refractivity contribution in [3.63, 3.8) is 0 Å². The second-order valence-electron chi connectivity index (χ2n) is 4.98. The molecule has 1 aromatic heterocycles. The van der Waals surface area contributed by atoms with Crippen LogP contribution in [-0.2, 0) is 0 Å². The highest BCUT2D eigenvalue weighted by atomic mass is 79.9. The van der Waals surface area contributed by atoms with Gasteiger partial charge in [0.2, 0.25) is 5.95 Å². The van der Waals surface area contributed by atoms with Gasteiger partial charge in [0.05, 0.1) is 6.61 Å². The summed E-state index contributed by atoms with van der Waals surface area (Å²) in [5, 5.41) is 6.44. The molecule has 0 aliphatic heterocycles. The average Bonchev–Trinajstić information content (AvgIpc) is 2.57. The molecule has 0 amide bonds. The number of hydrogen-bond acceptors (Lipinski definition) is 5. The van der Waals surface area contributed by atoms with Crippen LogP contribution in [0.3, 0.4) is 0 Å². The average molecular weight is 385 g/mol. The molecule has 0 fully saturated rings. The molecular weight excluding hydrogens is 368 g/mol. The van der Waals surface area contributed by atoms with Crippen LogP contribution >= 0.6 is 15.9 Å². The van der Waals surface area contributed by atoms with Gasteiger partial charge in [-0.3, -0.25) is 0 Å². The van der Waals surface area contributed by atoms with E-state index in [0.29, 0.717) is 12.6 Å². The first-order valence-corrected chi connectivity index (χ1v) is 8.38. The Kier molecular flexibility index (Phi) is 5.28. The van der Waals surface area contributed by atoms with Crippen molar-refractivity contribution in [2.45, 2.75) is 6.92 Å². The van der Waals surface area contributed by atoms with Gasteiger partial charge in [-0.25, -0.2) is 4.98 Å². The summed E-state index contributed by atoms with van der Waals surface area (Å²) < 4.78 is 6.44. The number of anilines is 4. The number of nitrogens with one attached hydrogen (secondary N) is 2. The van der Waals surface area contributed by atoms with E-state index in [-0.39, 0.29) is 0 Å². The van der Waals surface area contributed by atoms with Crippen molar-refractivity contribution in [3.05, 3.63) is 65.3 Å². The molecule has 0 aliphatic carbocycles. The number of hydrogen-bond donors (Lipinski definition) is 2. The SMILES string of the molecule is CCOc1ccc(Nc2nccc(Nc3cccc(Br)c3)n2)cc1. The molecule has 0 radical (unpaired) electrons. The molecule has 3 aromatic rings. The number of ether oxygens (including phenoxy) is 1. The van der Waals surface area contributed by atoms with Crippen LogP contribution in [0.5, 0.6) is 5.75 Å². The summed E-state index contributed by atoms with van der Waals surface area (Å²) in [6.07, 6.45) is 1.71. The highest BCUT2D eigenvalue weighted by Gasteiger charge is 2.02. The molecule has 3 rings (SSSR count). The van der Waals surface area contributed by atoms with Crippen LogP contribution in [0.25, 0.3) is 0 Å². The second kappa shape index (κ2) is 7.79. The molecule has 0 atom stereocenters. The van der Waals surface area contributed by atoms with Crippen LogP contribution in [0.2, 0.25) is 0 Å². The quantitative estimate of drug-likeness (QED) is 0.617. The summed E-state index contributed by atoms with van der Waals surface area (Å²) in [7, 11) is 0. The minimum atomic E-state index is 0.527. The maximum absolute atomic E-state index is 5.43. The molecule has 2 aromatic carbocycles. The normalized spacial score (nSPS) is 10.2. The van der Waals surface area contributed by atoms with Crippen LogP contribution in [-0.4, -0.2) is 16.6 Å². The molecule has 5 nitrogen and oxygen atoms in total. The Hall–Kier alpha value is -2.60. The van der Waals surface area contributed by atoms with E-state index in [1.54, 1.807) is 6.20 Å². The van der Waals surface area contributed by atoms with E-state index >= 15 is 0 Å². The number of nitrogens with zero attached hydrogens (tertiary/aromatic N) is 2. The Balaban J connectivity index is 1.70. The van der Waals surface area contributed by atoms with Crippen molar-refractivity contribution in [2.75, 3.05) is 17.2 Å². The van der Waals surface area contributed by atoms with Gasteiger partial charge >= 0.3 is 0 Å². The molecular formula is C18H17BrN4O. The minimum Gasteiger partial charge on any atom is -0.494 e. The fourth-order valence-corrected chi connectivity index (χ4v) is 2.53.